The summed E-state index contributed by atoms with van der Waals surface area (Å²) < 4.78 is 10.5. The molecule has 0 unspecified atom stereocenters. The number of fused-ring (bicyclic) bond motifs is 3. The van der Waals surface area contributed by atoms with Gasteiger partial charge in [0.2, 0.25) is 0 Å². The van der Waals surface area contributed by atoms with Crippen LogP contribution < -0.4 is 0 Å². The third-order valence-electron chi connectivity index (χ3n) is 9.09. The van der Waals surface area contributed by atoms with Crippen LogP contribution in [0.1, 0.15) is 52.4 Å². The molecule has 4 saturated carbocycles. The molecule has 150 valence electrons. The Bertz CT molecular complexity index is 701. The maximum absolute atomic E-state index is 13.2. The predicted molar refractivity (Wildman–Crippen MR) is 99.5 cm³/mol. The molecule has 27 heavy (non-hydrogen) atoms. The first-order valence-electron chi connectivity index (χ1n) is 10.2. The van der Waals surface area contributed by atoms with Gasteiger partial charge in [0.15, 0.2) is 0 Å². The Labute approximate surface area is 161 Å². The summed E-state index contributed by atoms with van der Waals surface area (Å²) in [6, 6.07) is 0. The van der Waals surface area contributed by atoms with E-state index >= 15 is 0 Å². The van der Waals surface area contributed by atoms with Crippen molar-refractivity contribution in [1.82, 2.24) is 0 Å². The molecule has 5 heteroatoms. The van der Waals surface area contributed by atoms with Crippen molar-refractivity contribution in [3.8, 4) is 0 Å². The second-order valence-electron chi connectivity index (χ2n) is 9.91. The standard InChI is InChI=1S/C22H32O5/c1-12-10-22-11-13(12)6-7-14(22)20(2)9-8-15(23)21(3,19(25)27-5)17(20)16(22)18(24)26-4/h13-17,23H,1,6-11H2,2-5H3/t13-,14+,15+,16-,17+,20+,21-,22+/m1/s1. The van der Waals surface area contributed by atoms with E-state index in [2.05, 4.69) is 13.5 Å². The largest absolute Gasteiger partial charge is 0.469 e. The minimum absolute atomic E-state index is 0.198. The van der Waals surface area contributed by atoms with Crippen molar-refractivity contribution in [2.45, 2.75) is 58.5 Å². The molecule has 4 rings (SSSR count). The van der Waals surface area contributed by atoms with Gasteiger partial charge in [0.05, 0.1) is 31.7 Å². The molecule has 4 aliphatic carbocycles. The highest BCUT2D eigenvalue weighted by atomic mass is 16.5. The summed E-state index contributed by atoms with van der Waals surface area (Å²) in [5.74, 6) is -0.545. The fourth-order valence-corrected chi connectivity index (χ4v) is 8.14. The molecule has 4 fully saturated rings. The van der Waals surface area contributed by atoms with E-state index in [1.807, 2.05) is 0 Å². The van der Waals surface area contributed by atoms with Gasteiger partial charge in [-0.05, 0) is 74.0 Å². The van der Waals surface area contributed by atoms with E-state index in [0.29, 0.717) is 18.3 Å². The lowest BCUT2D eigenvalue weighted by Crippen LogP contribution is -2.57. The maximum atomic E-state index is 13.2. The molecule has 0 saturated heterocycles. The molecule has 2 bridgehead atoms. The molecule has 0 heterocycles. The molecule has 0 aromatic heterocycles. The van der Waals surface area contributed by atoms with Crippen LogP contribution in [0.4, 0.5) is 0 Å². The first kappa shape index (κ1) is 19.0. The Morgan fingerprint density at radius 3 is 2.48 bits per heavy atom. The molecular formula is C22H32O5. The van der Waals surface area contributed by atoms with Crippen LogP contribution in [0.15, 0.2) is 12.2 Å². The second-order valence-corrected chi connectivity index (χ2v) is 9.91. The first-order chi connectivity index (χ1) is 12.7. The van der Waals surface area contributed by atoms with Crippen molar-refractivity contribution < 1.29 is 24.2 Å². The van der Waals surface area contributed by atoms with Gasteiger partial charge in [-0.2, -0.15) is 0 Å². The van der Waals surface area contributed by atoms with Gasteiger partial charge in [0, 0.05) is 0 Å². The predicted octanol–water partition coefficient (Wildman–Crippen LogP) is 3.11. The number of esters is 2. The first-order valence-corrected chi connectivity index (χ1v) is 10.2. The molecule has 4 aliphatic rings. The number of rotatable bonds is 2. The summed E-state index contributed by atoms with van der Waals surface area (Å²) in [4.78, 5) is 26.1. The van der Waals surface area contributed by atoms with Crippen LogP contribution >= 0.6 is 0 Å². The van der Waals surface area contributed by atoms with Gasteiger partial charge in [-0.1, -0.05) is 19.1 Å². The molecule has 0 radical (unpaired) electrons. The van der Waals surface area contributed by atoms with Gasteiger partial charge in [0.1, 0.15) is 0 Å². The number of ether oxygens (including phenoxy) is 2. The van der Waals surface area contributed by atoms with Crippen molar-refractivity contribution in [1.29, 1.82) is 0 Å². The minimum atomic E-state index is -1.11. The summed E-state index contributed by atoms with van der Waals surface area (Å²) in [5, 5.41) is 10.9. The molecule has 8 atom stereocenters. The zero-order valence-corrected chi connectivity index (χ0v) is 16.9. The summed E-state index contributed by atoms with van der Waals surface area (Å²) in [5.41, 5.74) is -0.261. The molecule has 0 aromatic carbocycles. The molecule has 1 N–H and O–H groups in total. The third-order valence-corrected chi connectivity index (χ3v) is 9.09. The van der Waals surface area contributed by atoms with Crippen molar-refractivity contribution >= 4 is 11.9 Å². The summed E-state index contributed by atoms with van der Waals surface area (Å²) in [7, 11) is 2.80. The van der Waals surface area contributed by atoms with Gasteiger partial charge in [-0.3, -0.25) is 9.59 Å². The summed E-state index contributed by atoms with van der Waals surface area (Å²) >= 11 is 0. The van der Waals surface area contributed by atoms with Gasteiger partial charge in [0.25, 0.3) is 0 Å². The lowest BCUT2D eigenvalue weighted by molar-refractivity contribution is -0.185. The smallest absolute Gasteiger partial charge is 0.314 e. The number of aliphatic hydroxyl groups is 1. The van der Waals surface area contributed by atoms with E-state index in [9.17, 15) is 14.7 Å². The molecule has 0 aliphatic heterocycles. The third kappa shape index (κ3) is 2.10. The van der Waals surface area contributed by atoms with Gasteiger partial charge in [-0.15, -0.1) is 0 Å². The van der Waals surface area contributed by atoms with Crippen LogP contribution in [0.3, 0.4) is 0 Å². The van der Waals surface area contributed by atoms with Crippen LogP contribution in [0.5, 0.6) is 0 Å². The van der Waals surface area contributed by atoms with Crippen LogP contribution in [-0.4, -0.2) is 37.4 Å². The van der Waals surface area contributed by atoms with E-state index < -0.39 is 23.4 Å². The molecule has 0 amide bonds. The summed E-state index contributed by atoms with van der Waals surface area (Å²) in [6.45, 7) is 8.36. The number of carbonyl (C=O) groups is 2. The number of carbonyl (C=O) groups excluding carboxylic acids is 2. The van der Waals surface area contributed by atoms with Crippen LogP contribution in [0, 0.1) is 39.9 Å². The highest BCUT2D eigenvalue weighted by molar-refractivity contribution is 5.82. The maximum Gasteiger partial charge on any atom is 0.314 e. The van der Waals surface area contributed by atoms with E-state index in [0.717, 1.165) is 32.1 Å². The van der Waals surface area contributed by atoms with Gasteiger partial charge in [-0.25, -0.2) is 0 Å². The lowest BCUT2D eigenvalue weighted by atomic mass is 9.52. The van der Waals surface area contributed by atoms with E-state index in [-0.39, 0.29) is 22.7 Å². The zero-order chi connectivity index (χ0) is 19.8. The van der Waals surface area contributed by atoms with E-state index in [4.69, 9.17) is 9.47 Å². The molecule has 5 nitrogen and oxygen atoms in total. The minimum Gasteiger partial charge on any atom is -0.469 e. The highest BCUT2D eigenvalue weighted by Gasteiger charge is 2.76. The number of aliphatic hydroxyl groups excluding tert-OH is 1. The van der Waals surface area contributed by atoms with Crippen molar-refractivity contribution in [3.63, 3.8) is 0 Å². The van der Waals surface area contributed by atoms with Gasteiger partial charge >= 0.3 is 11.9 Å². The lowest BCUT2D eigenvalue weighted by Gasteiger charge is -2.52. The topological polar surface area (TPSA) is 72.8 Å². The van der Waals surface area contributed by atoms with Crippen molar-refractivity contribution in [2.24, 2.45) is 39.9 Å². The van der Waals surface area contributed by atoms with E-state index in [1.165, 1.54) is 19.8 Å². The van der Waals surface area contributed by atoms with Crippen molar-refractivity contribution in [2.75, 3.05) is 14.2 Å². The molecular weight excluding hydrogens is 344 g/mol. The van der Waals surface area contributed by atoms with Gasteiger partial charge < -0.3 is 14.6 Å². The highest BCUT2D eigenvalue weighted by Crippen LogP contribution is 2.77. The van der Waals surface area contributed by atoms with Crippen LogP contribution in [0.25, 0.3) is 0 Å². The Balaban J connectivity index is 1.94. The Hall–Kier alpha value is -1.36. The Morgan fingerprint density at radius 2 is 1.85 bits per heavy atom. The zero-order valence-electron chi connectivity index (χ0n) is 16.9. The Morgan fingerprint density at radius 1 is 1.15 bits per heavy atom. The van der Waals surface area contributed by atoms with Crippen LogP contribution in [-0.2, 0) is 19.1 Å². The normalized spacial score (nSPS) is 50.7. The van der Waals surface area contributed by atoms with Crippen LogP contribution in [0.2, 0.25) is 0 Å². The number of hydrogen-bond donors (Lipinski definition) is 1. The average molecular weight is 376 g/mol. The second kappa shape index (κ2) is 5.82. The fraction of sp³-hybridized carbons (Fsp3) is 0.818. The number of hydrogen-bond acceptors (Lipinski definition) is 5. The number of methoxy groups -OCH3 is 2. The summed E-state index contributed by atoms with van der Waals surface area (Å²) in [6.07, 6.45) is 4.52. The monoisotopic (exact) mass is 376 g/mol. The quantitative estimate of drug-likeness (QED) is 0.592. The van der Waals surface area contributed by atoms with Crippen molar-refractivity contribution in [3.05, 3.63) is 12.2 Å². The number of allylic oxidation sites excluding steroid dienone is 1. The SMILES string of the molecule is C=C1C[C@]23C[C@H]1CC[C@H]2[C@]1(C)CC[C@H](O)[C@@](C)(C(=O)OC)[C@H]1[C@@H]3C(=O)OC. The molecule has 0 aromatic rings. The average Bonchev–Trinajstić information content (AvgIpc) is 3.04. The van der Waals surface area contributed by atoms with E-state index in [1.54, 1.807) is 6.92 Å². The fourth-order valence-electron chi connectivity index (χ4n) is 8.14. The molecule has 1 spiro atoms. The Kier molecular flexibility index (Phi) is 4.09.